The third-order valence-electron chi connectivity index (χ3n) is 4.51. The summed E-state index contributed by atoms with van der Waals surface area (Å²) in [5, 5.41) is 20.8. The minimum atomic E-state index is -0.321. The van der Waals surface area contributed by atoms with Crippen LogP contribution in [0.1, 0.15) is 5.56 Å². The number of aromatic hydroxyl groups is 1. The Morgan fingerprint density at radius 3 is 2.76 bits per heavy atom. The van der Waals surface area contributed by atoms with E-state index in [0.717, 1.165) is 35.0 Å². The van der Waals surface area contributed by atoms with Crippen molar-refractivity contribution < 1.29 is 36.7 Å². The number of aromatic nitrogens is 1. The summed E-state index contributed by atoms with van der Waals surface area (Å²) in [5.74, 6) is 1.32. The molecule has 1 aliphatic heterocycles. The molecule has 3 aromatic rings. The van der Waals surface area contributed by atoms with Crippen molar-refractivity contribution >= 4 is 10.8 Å². The van der Waals surface area contributed by atoms with Crippen LogP contribution >= 0.6 is 0 Å². The highest BCUT2D eigenvalue weighted by atomic mass is 35.5. The molecular weight excluding hydrogens is 342 g/mol. The van der Waals surface area contributed by atoms with E-state index in [2.05, 4.69) is 10.6 Å². The first-order valence-electron chi connectivity index (χ1n) is 7.81. The molecule has 0 saturated heterocycles. The van der Waals surface area contributed by atoms with Crippen LogP contribution in [0.3, 0.4) is 0 Å². The van der Waals surface area contributed by atoms with Crippen molar-refractivity contribution in [3.8, 4) is 28.5 Å². The average Bonchev–Trinajstić information content (AvgIpc) is 2.60. The number of benzene rings is 2. The van der Waals surface area contributed by atoms with Gasteiger partial charge in [0.2, 0.25) is 5.69 Å². The van der Waals surface area contributed by atoms with E-state index in [9.17, 15) is 5.11 Å². The van der Waals surface area contributed by atoms with Gasteiger partial charge in [0.15, 0.2) is 31.0 Å². The van der Waals surface area contributed by atoms with Gasteiger partial charge in [0.1, 0.15) is 5.75 Å². The van der Waals surface area contributed by atoms with E-state index in [-0.39, 0.29) is 24.9 Å². The lowest BCUT2D eigenvalue weighted by molar-refractivity contribution is -0.686. The van der Waals surface area contributed by atoms with Crippen LogP contribution in [0.5, 0.6) is 17.2 Å². The molecule has 130 valence electrons. The molecule has 0 saturated carbocycles. The lowest BCUT2D eigenvalue weighted by Gasteiger charge is -2.17. The van der Waals surface area contributed by atoms with Gasteiger partial charge in [-0.15, -0.1) is 0 Å². The highest BCUT2D eigenvalue weighted by Gasteiger charge is 2.25. The molecule has 2 heterocycles. The van der Waals surface area contributed by atoms with Crippen molar-refractivity contribution in [3.63, 3.8) is 0 Å². The number of rotatable bonds is 3. The van der Waals surface area contributed by atoms with E-state index in [1.54, 1.807) is 13.2 Å². The number of phenolic OH excluding ortho intramolecular Hbond substituents is 1. The molecule has 0 amide bonds. The lowest BCUT2D eigenvalue weighted by atomic mass is 9.95. The lowest BCUT2D eigenvalue weighted by Crippen LogP contribution is -3.00. The number of aliphatic hydroxyl groups excluding tert-OH is 1. The Morgan fingerprint density at radius 2 is 2.00 bits per heavy atom. The van der Waals surface area contributed by atoms with Gasteiger partial charge in [-0.1, -0.05) is 0 Å². The van der Waals surface area contributed by atoms with Crippen molar-refractivity contribution in [2.24, 2.45) is 0 Å². The first-order chi connectivity index (χ1) is 11.7. The molecule has 5 nitrogen and oxygen atoms in total. The van der Waals surface area contributed by atoms with E-state index in [1.807, 2.05) is 30.5 Å². The van der Waals surface area contributed by atoms with Crippen LogP contribution in [0.4, 0.5) is 0 Å². The van der Waals surface area contributed by atoms with Gasteiger partial charge in [-0.25, -0.2) is 0 Å². The van der Waals surface area contributed by atoms with E-state index < -0.39 is 0 Å². The molecular formula is C19H18ClNO4. The molecule has 1 aromatic heterocycles. The van der Waals surface area contributed by atoms with Gasteiger partial charge in [-0.3, -0.25) is 0 Å². The van der Waals surface area contributed by atoms with Crippen LogP contribution in [-0.2, 0) is 13.0 Å². The van der Waals surface area contributed by atoms with Gasteiger partial charge in [0, 0.05) is 18.1 Å². The number of halogens is 1. The van der Waals surface area contributed by atoms with E-state index in [0.29, 0.717) is 11.5 Å². The van der Waals surface area contributed by atoms with Crippen LogP contribution in [0, 0.1) is 0 Å². The number of hydrogen-bond acceptors (Lipinski definition) is 4. The predicted molar refractivity (Wildman–Crippen MR) is 89.2 cm³/mol. The Bertz CT molecular complexity index is 942. The maximum absolute atomic E-state index is 9.98. The zero-order valence-corrected chi connectivity index (χ0v) is 14.5. The van der Waals surface area contributed by atoms with Crippen molar-refractivity contribution in [2.45, 2.75) is 13.0 Å². The summed E-state index contributed by atoms with van der Waals surface area (Å²) in [6, 6.07) is 11.5. The number of aryl methyl sites for hydroxylation is 2. The molecule has 0 atom stereocenters. The monoisotopic (exact) mass is 359 g/mol. The third kappa shape index (κ3) is 2.86. The zero-order valence-electron chi connectivity index (χ0n) is 13.7. The molecule has 0 fully saturated rings. The predicted octanol–water partition coefficient (Wildman–Crippen LogP) is -0.603. The van der Waals surface area contributed by atoms with Gasteiger partial charge < -0.3 is 32.1 Å². The summed E-state index contributed by atoms with van der Waals surface area (Å²) >= 11 is 0. The zero-order chi connectivity index (χ0) is 16.7. The smallest absolute Gasteiger partial charge is 0.213 e. The Balaban J connectivity index is 0.00000182. The van der Waals surface area contributed by atoms with Crippen molar-refractivity contribution in [1.29, 1.82) is 0 Å². The summed E-state index contributed by atoms with van der Waals surface area (Å²) in [6.45, 7) is 0.512. The fourth-order valence-electron chi connectivity index (χ4n) is 3.38. The molecule has 0 radical (unpaired) electrons. The third-order valence-corrected chi connectivity index (χ3v) is 4.51. The minimum Gasteiger partial charge on any atom is -1.00 e. The SMILES string of the molecule is COc1c(O)ccc2cc3[n+](cc12)CCc1cc(OCO)ccc1-3.[Cl-]. The van der Waals surface area contributed by atoms with Crippen molar-refractivity contribution in [1.82, 2.24) is 0 Å². The first-order valence-corrected chi connectivity index (χ1v) is 7.81. The van der Waals surface area contributed by atoms with Crippen LogP contribution in [-0.4, -0.2) is 24.1 Å². The van der Waals surface area contributed by atoms with Crippen molar-refractivity contribution in [2.75, 3.05) is 13.9 Å². The normalized spacial score (nSPS) is 12.1. The second kappa shape index (κ2) is 6.78. The first kappa shape index (κ1) is 17.3. The van der Waals surface area contributed by atoms with Crippen molar-refractivity contribution in [3.05, 3.63) is 48.2 Å². The van der Waals surface area contributed by atoms with Gasteiger partial charge in [-0.05, 0) is 41.3 Å². The minimum absolute atomic E-state index is 0. The molecule has 6 heteroatoms. The van der Waals surface area contributed by atoms with E-state index >= 15 is 0 Å². The summed E-state index contributed by atoms with van der Waals surface area (Å²) < 4.78 is 12.7. The molecule has 0 spiro atoms. The fourth-order valence-corrected chi connectivity index (χ4v) is 3.38. The number of hydrogen-bond donors (Lipinski definition) is 2. The Labute approximate surface area is 151 Å². The molecule has 2 aromatic carbocycles. The number of phenols is 1. The second-order valence-corrected chi connectivity index (χ2v) is 5.82. The van der Waals surface area contributed by atoms with Gasteiger partial charge >= 0.3 is 0 Å². The summed E-state index contributed by atoms with van der Waals surface area (Å²) in [5.41, 5.74) is 3.47. The highest BCUT2D eigenvalue weighted by Crippen LogP contribution is 2.36. The van der Waals surface area contributed by atoms with Crippen LogP contribution in [0.25, 0.3) is 22.0 Å². The molecule has 1 aliphatic rings. The maximum atomic E-state index is 9.98. The van der Waals surface area contributed by atoms with Crippen LogP contribution in [0.15, 0.2) is 42.6 Å². The number of nitrogens with zero attached hydrogens (tertiary/aromatic N) is 1. The Kier molecular flexibility index (Phi) is 4.70. The molecule has 0 bridgehead atoms. The largest absolute Gasteiger partial charge is 1.00 e. The van der Waals surface area contributed by atoms with E-state index in [4.69, 9.17) is 14.6 Å². The topological polar surface area (TPSA) is 62.8 Å². The maximum Gasteiger partial charge on any atom is 0.213 e. The molecule has 25 heavy (non-hydrogen) atoms. The number of aliphatic hydroxyl groups is 1. The summed E-state index contributed by atoms with van der Waals surface area (Å²) in [6.07, 6.45) is 2.91. The number of fused-ring (bicyclic) bond motifs is 4. The molecule has 0 unspecified atom stereocenters. The number of methoxy groups -OCH3 is 1. The Hall–Kier alpha value is -2.50. The standard InChI is InChI=1S/C19H17NO4.ClH/c1-23-19-16-10-20-7-6-13-8-14(24-11-21)3-4-15(13)17(20)9-12(16)2-5-18(19)22;/h2-5,8-10,21H,6-7,11H2,1H3;1H. The second-order valence-electron chi connectivity index (χ2n) is 5.82. The summed E-state index contributed by atoms with van der Waals surface area (Å²) in [4.78, 5) is 0. The summed E-state index contributed by atoms with van der Waals surface area (Å²) in [7, 11) is 1.57. The average molecular weight is 360 g/mol. The molecule has 0 aliphatic carbocycles. The Morgan fingerprint density at radius 1 is 1.16 bits per heavy atom. The highest BCUT2D eigenvalue weighted by molar-refractivity contribution is 5.91. The molecule has 2 N–H and O–H groups in total. The van der Waals surface area contributed by atoms with Gasteiger partial charge in [0.05, 0.1) is 12.5 Å². The molecule has 4 rings (SSSR count). The van der Waals surface area contributed by atoms with Gasteiger partial charge in [-0.2, -0.15) is 4.57 Å². The number of pyridine rings is 1. The van der Waals surface area contributed by atoms with Gasteiger partial charge in [0.25, 0.3) is 0 Å². The van der Waals surface area contributed by atoms with Crippen LogP contribution < -0.4 is 26.4 Å². The van der Waals surface area contributed by atoms with Crippen LogP contribution in [0.2, 0.25) is 0 Å². The number of ether oxygens (including phenoxy) is 2. The quantitative estimate of drug-likeness (QED) is 0.484. The van der Waals surface area contributed by atoms with E-state index in [1.165, 1.54) is 5.56 Å². The fraction of sp³-hybridized carbons (Fsp3) is 0.211.